The van der Waals surface area contributed by atoms with Gasteiger partial charge in [0.05, 0.1) is 7.11 Å². The molecule has 2 N–H and O–H groups in total. The predicted molar refractivity (Wildman–Crippen MR) is 70.0 cm³/mol. The van der Waals surface area contributed by atoms with Crippen LogP contribution in [0.25, 0.3) is 11.4 Å². The highest BCUT2D eigenvalue weighted by molar-refractivity contribution is 5.62. The van der Waals surface area contributed by atoms with E-state index in [1.54, 1.807) is 19.2 Å². The molecular formula is C13H15N3O2. The normalized spacial score (nSPS) is 10.2. The molecule has 0 bridgehead atoms. The Balaban J connectivity index is 2.48. The number of rotatable bonds is 3. The third-order valence-corrected chi connectivity index (χ3v) is 2.55. The van der Waals surface area contributed by atoms with Gasteiger partial charge in [-0.2, -0.15) is 0 Å². The molecule has 5 heteroatoms. The minimum Gasteiger partial charge on any atom is -0.504 e. The Morgan fingerprint density at radius 1 is 1.22 bits per heavy atom. The molecule has 0 spiro atoms. The smallest absolute Gasteiger partial charge is 0.161 e. The molecule has 2 aromatic rings. The van der Waals surface area contributed by atoms with Crippen molar-refractivity contribution < 1.29 is 9.84 Å². The Bertz CT molecular complexity index is 570. The molecule has 0 radical (unpaired) electrons. The lowest BCUT2D eigenvalue weighted by Gasteiger charge is -2.07. The van der Waals surface area contributed by atoms with Gasteiger partial charge in [0.2, 0.25) is 0 Å². The molecule has 2 rings (SSSR count). The molecular weight excluding hydrogens is 230 g/mol. The number of aromatic hydroxyl groups is 1. The van der Waals surface area contributed by atoms with Crippen LogP contribution in [-0.4, -0.2) is 29.2 Å². The van der Waals surface area contributed by atoms with E-state index in [1.807, 2.05) is 19.1 Å². The van der Waals surface area contributed by atoms with Crippen LogP contribution in [-0.2, 0) is 0 Å². The zero-order chi connectivity index (χ0) is 13.1. The molecule has 0 unspecified atom stereocenters. The average molecular weight is 245 g/mol. The first kappa shape index (κ1) is 12.2. The van der Waals surface area contributed by atoms with Gasteiger partial charge in [-0.15, -0.1) is 0 Å². The highest BCUT2D eigenvalue weighted by Crippen LogP contribution is 2.30. The summed E-state index contributed by atoms with van der Waals surface area (Å²) in [6.45, 7) is 1.90. The van der Waals surface area contributed by atoms with Crippen LogP contribution in [0.2, 0.25) is 0 Å². The second kappa shape index (κ2) is 4.91. The molecule has 0 saturated heterocycles. The number of methoxy groups -OCH3 is 1. The van der Waals surface area contributed by atoms with Crippen molar-refractivity contribution in [3.63, 3.8) is 0 Å². The van der Waals surface area contributed by atoms with E-state index < -0.39 is 0 Å². The molecule has 5 nitrogen and oxygen atoms in total. The van der Waals surface area contributed by atoms with Crippen LogP contribution in [0, 0.1) is 6.92 Å². The molecule has 0 aliphatic carbocycles. The number of aryl methyl sites for hydroxylation is 1. The summed E-state index contributed by atoms with van der Waals surface area (Å²) in [4.78, 5) is 8.69. The van der Waals surface area contributed by atoms with Crippen LogP contribution in [0.15, 0.2) is 24.3 Å². The topological polar surface area (TPSA) is 67.3 Å². The van der Waals surface area contributed by atoms with Gasteiger partial charge in [-0.25, -0.2) is 9.97 Å². The fourth-order valence-corrected chi connectivity index (χ4v) is 1.65. The molecule has 0 saturated carbocycles. The van der Waals surface area contributed by atoms with Crippen molar-refractivity contribution in [1.82, 2.24) is 9.97 Å². The van der Waals surface area contributed by atoms with E-state index in [2.05, 4.69) is 15.3 Å². The van der Waals surface area contributed by atoms with Gasteiger partial charge >= 0.3 is 0 Å². The fourth-order valence-electron chi connectivity index (χ4n) is 1.65. The summed E-state index contributed by atoms with van der Waals surface area (Å²) in [5, 5.41) is 12.7. The minimum atomic E-state index is 0.0751. The minimum absolute atomic E-state index is 0.0751. The van der Waals surface area contributed by atoms with Gasteiger partial charge in [0.15, 0.2) is 17.3 Å². The molecule has 0 fully saturated rings. The van der Waals surface area contributed by atoms with Crippen LogP contribution in [0.4, 0.5) is 5.82 Å². The summed E-state index contributed by atoms with van der Waals surface area (Å²) in [6.07, 6.45) is 0. The number of phenolic OH excluding ortho intramolecular Hbond substituents is 1. The number of phenols is 1. The van der Waals surface area contributed by atoms with E-state index >= 15 is 0 Å². The lowest BCUT2D eigenvalue weighted by Crippen LogP contribution is -1.98. The van der Waals surface area contributed by atoms with Crippen molar-refractivity contribution in [1.29, 1.82) is 0 Å². The van der Waals surface area contributed by atoms with Gasteiger partial charge < -0.3 is 15.2 Å². The van der Waals surface area contributed by atoms with E-state index in [1.165, 1.54) is 7.11 Å². The maximum atomic E-state index is 9.75. The van der Waals surface area contributed by atoms with E-state index in [9.17, 15) is 5.11 Å². The fraction of sp³-hybridized carbons (Fsp3) is 0.231. The number of aromatic nitrogens is 2. The van der Waals surface area contributed by atoms with Crippen molar-refractivity contribution in [2.24, 2.45) is 0 Å². The largest absolute Gasteiger partial charge is 0.504 e. The van der Waals surface area contributed by atoms with Gasteiger partial charge in [-0.05, 0) is 25.1 Å². The summed E-state index contributed by atoms with van der Waals surface area (Å²) >= 11 is 0. The third kappa shape index (κ3) is 2.34. The molecule has 1 aromatic heterocycles. The van der Waals surface area contributed by atoms with Crippen molar-refractivity contribution in [2.75, 3.05) is 19.5 Å². The van der Waals surface area contributed by atoms with E-state index in [-0.39, 0.29) is 5.75 Å². The molecule has 0 aliphatic rings. The number of anilines is 1. The van der Waals surface area contributed by atoms with Crippen LogP contribution in [0.3, 0.4) is 0 Å². The Morgan fingerprint density at radius 3 is 2.61 bits per heavy atom. The van der Waals surface area contributed by atoms with E-state index in [0.29, 0.717) is 11.6 Å². The summed E-state index contributed by atoms with van der Waals surface area (Å²) < 4.78 is 5.00. The lowest BCUT2D eigenvalue weighted by atomic mass is 10.2. The molecule has 18 heavy (non-hydrogen) atoms. The van der Waals surface area contributed by atoms with Crippen molar-refractivity contribution in [3.8, 4) is 22.9 Å². The van der Waals surface area contributed by atoms with Crippen LogP contribution in [0.1, 0.15) is 5.69 Å². The van der Waals surface area contributed by atoms with E-state index in [0.717, 1.165) is 17.1 Å². The molecule has 0 amide bonds. The van der Waals surface area contributed by atoms with Gasteiger partial charge in [0.25, 0.3) is 0 Å². The average Bonchev–Trinajstić information content (AvgIpc) is 2.37. The van der Waals surface area contributed by atoms with Gasteiger partial charge in [-0.3, -0.25) is 0 Å². The number of benzene rings is 1. The maximum Gasteiger partial charge on any atom is 0.161 e. The van der Waals surface area contributed by atoms with Crippen molar-refractivity contribution in [3.05, 3.63) is 30.0 Å². The van der Waals surface area contributed by atoms with Crippen LogP contribution < -0.4 is 10.1 Å². The second-order valence-electron chi connectivity index (χ2n) is 3.85. The molecule has 1 heterocycles. The molecule has 0 aliphatic heterocycles. The standard InChI is InChI=1S/C13H15N3O2/c1-8-6-12(14-2)16-13(15-8)9-4-5-11(18-3)10(17)7-9/h4-7,17H,1-3H3,(H,14,15,16). The first-order valence-corrected chi connectivity index (χ1v) is 5.55. The van der Waals surface area contributed by atoms with Gasteiger partial charge in [-0.1, -0.05) is 0 Å². The summed E-state index contributed by atoms with van der Waals surface area (Å²) in [5.41, 5.74) is 1.60. The Labute approximate surface area is 105 Å². The van der Waals surface area contributed by atoms with Crippen LogP contribution >= 0.6 is 0 Å². The third-order valence-electron chi connectivity index (χ3n) is 2.55. The van der Waals surface area contributed by atoms with Crippen molar-refractivity contribution in [2.45, 2.75) is 6.92 Å². The SMILES string of the molecule is CNc1cc(C)nc(-c2ccc(OC)c(O)c2)n1. The van der Waals surface area contributed by atoms with Gasteiger partial charge in [0, 0.05) is 24.4 Å². The molecule has 94 valence electrons. The van der Waals surface area contributed by atoms with Crippen LogP contribution in [0.5, 0.6) is 11.5 Å². The molecule has 0 atom stereocenters. The maximum absolute atomic E-state index is 9.75. The summed E-state index contributed by atoms with van der Waals surface area (Å²) in [5.74, 6) is 1.82. The number of nitrogens with zero attached hydrogens (tertiary/aromatic N) is 2. The summed E-state index contributed by atoms with van der Waals surface area (Å²) in [7, 11) is 3.31. The quantitative estimate of drug-likeness (QED) is 0.867. The molecule has 1 aromatic carbocycles. The second-order valence-corrected chi connectivity index (χ2v) is 3.85. The lowest BCUT2D eigenvalue weighted by molar-refractivity contribution is 0.373. The van der Waals surface area contributed by atoms with E-state index in [4.69, 9.17) is 4.74 Å². The number of nitrogens with one attached hydrogen (secondary N) is 1. The number of hydrogen-bond donors (Lipinski definition) is 2. The Kier molecular flexibility index (Phi) is 3.32. The highest BCUT2D eigenvalue weighted by Gasteiger charge is 2.08. The first-order chi connectivity index (χ1) is 8.63. The zero-order valence-corrected chi connectivity index (χ0v) is 10.6. The Morgan fingerprint density at radius 2 is 2.00 bits per heavy atom. The highest BCUT2D eigenvalue weighted by atomic mass is 16.5. The van der Waals surface area contributed by atoms with Crippen molar-refractivity contribution >= 4 is 5.82 Å². The summed E-state index contributed by atoms with van der Waals surface area (Å²) in [6, 6.07) is 6.95. The Hall–Kier alpha value is -2.30. The number of ether oxygens (including phenoxy) is 1. The number of hydrogen-bond acceptors (Lipinski definition) is 5. The zero-order valence-electron chi connectivity index (χ0n) is 10.6. The van der Waals surface area contributed by atoms with Gasteiger partial charge in [0.1, 0.15) is 5.82 Å². The predicted octanol–water partition coefficient (Wildman–Crippen LogP) is 2.21. The monoisotopic (exact) mass is 245 g/mol. The first-order valence-electron chi connectivity index (χ1n) is 5.55.